The van der Waals surface area contributed by atoms with Crippen molar-refractivity contribution < 1.29 is 19.9 Å². The third-order valence-electron chi connectivity index (χ3n) is 3.11. The molecule has 0 spiro atoms. The van der Waals surface area contributed by atoms with Gasteiger partial charge in [0.1, 0.15) is 17.6 Å². The number of aromatic nitrogens is 1. The average molecular weight is 282 g/mol. The molecule has 2 atom stereocenters. The predicted octanol–water partition coefficient (Wildman–Crippen LogP) is -0.791. The zero-order chi connectivity index (χ0) is 14.9. The smallest absolute Gasteiger partial charge is 0.300 e. The Morgan fingerprint density at radius 1 is 1.50 bits per heavy atom. The number of likely N-dealkylation sites (tertiary alicyclic amines) is 1. The van der Waals surface area contributed by atoms with Gasteiger partial charge >= 0.3 is 0 Å². The van der Waals surface area contributed by atoms with Gasteiger partial charge in [0.15, 0.2) is 0 Å². The first-order chi connectivity index (χ1) is 9.43. The van der Waals surface area contributed by atoms with Gasteiger partial charge in [-0.1, -0.05) is 0 Å². The Morgan fingerprint density at radius 2 is 2.10 bits per heavy atom. The molecule has 3 N–H and O–H groups in total. The first kappa shape index (κ1) is 14.2. The monoisotopic (exact) mass is 282 g/mol. The number of carbonyl (C=O) groups is 1. The van der Waals surface area contributed by atoms with Crippen molar-refractivity contribution >= 4 is 17.4 Å². The lowest BCUT2D eigenvalue weighted by Gasteiger charge is -2.15. The number of pyridine rings is 1. The Labute approximate surface area is 114 Å². The fourth-order valence-electron chi connectivity index (χ4n) is 2.01. The number of β-amino-alcohol motifs (C(OH)–C–C–N with tert-alkyl or cyclic N) is 2. The SMILES string of the molecule is CNc1cc(C(=O)N2CC(O)C(O)C2)c([N+](=O)[O-])cn1. The van der Waals surface area contributed by atoms with Gasteiger partial charge in [-0.05, 0) is 0 Å². The summed E-state index contributed by atoms with van der Waals surface area (Å²) in [5, 5.41) is 32.5. The van der Waals surface area contributed by atoms with Crippen molar-refractivity contribution in [2.75, 3.05) is 25.5 Å². The van der Waals surface area contributed by atoms with E-state index in [0.29, 0.717) is 5.82 Å². The lowest BCUT2D eigenvalue weighted by atomic mass is 10.2. The molecule has 0 radical (unpaired) electrons. The molecule has 0 aliphatic carbocycles. The maximum absolute atomic E-state index is 12.3. The Kier molecular flexibility index (Phi) is 3.81. The summed E-state index contributed by atoms with van der Waals surface area (Å²) in [5.74, 6) is -0.301. The summed E-state index contributed by atoms with van der Waals surface area (Å²) in [6.45, 7) is -0.122. The molecular weight excluding hydrogens is 268 g/mol. The van der Waals surface area contributed by atoms with E-state index in [4.69, 9.17) is 0 Å². The van der Waals surface area contributed by atoms with Crippen LogP contribution in [0, 0.1) is 10.1 Å². The molecule has 1 aromatic heterocycles. The van der Waals surface area contributed by atoms with Gasteiger partial charge in [0.05, 0.1) is 17.1 Å². The Bertz CT molecular complexity index is 540. The van der Waals surface area contributed by atoms with E-state index in [0.717, 1.165) is 6.20 Å². The van der Waals surface area contributed by atoms with Crippen LogP contribution in [-0.2, 0) is 0 Å². The number of aliphatic hydroxyl groups excluding tert-OH is 2. The number of carbonyl (C=O) groups excluding carboxylic acids is 1. The van der Waals surface area contributed by atoms with Crippen molar-refractivity contribution in [1.29, 1.82) is 0 Å². The highest BCUT2D eigenvalue weighted by atomic mass is 16.6. The fourth-order valence-corrected chi connectivity index (χ4v) is 2.01. The lowest BCUT2D eigenvalue weighted by Crippen LogP contribution is -2.30. The van der Waals surface area contributed by atoms with Gasteiger partial charge in [0, 0.05) is 26.2 Å². The quantitative estimate of drug-likeness (QED) is 0.489. The van der Waals surface area contributed by atoms with E-state index in [1.54, 1.807) is 7.05 Å². The van der Waals surface area contributed by atoms with Gasteiger partial charge in [-0.2, -0.15) is 0 Å². The minimum absolute atomic E-state index is 0.0611. The first-order valence-corrected chi connectivity index (χ1v) is 5.91. The summed E-state index contributed by atoms with van der Waals surface area (Å²) in [6.07, 6.45) is -1.07. The third-order valence-corrected chi connectivity index (χ3v) is 3.11. The first-order valence-electron chi connectivity index (χ1n) is 5.91. The van der Waals surface area contributed by atoms with Crippen molar-refractivity contribution in [3.8, 4) is 0 Å². The molecule has 0 saturated carbocycles. The number of rotatable bonds is 3. The predicted molar refractivity (Wildman–Crippen MR) is 68.4 cm³/mol. The molecule has 9 heteroatoms. The Morgan fingerprint density at radius 3 is 2.60 bits per heavy atom. The summed E-state index contributed by atoms with van der Waals surface area (Å²) in [6, 6.07) is 1.28. The van der Waals surface area contributed by atoms with Crippen molar-refractivity contribution in [1.82, 2.24) is 9.88 Å². The van der Waals surface area contributed by atoms with Crippen LogP contribution in [0.3, 0.4) is 0 Å². The Balaban J connectivity index is 2.35. The Hall–Kier alpha value is -2.26. The molecule has 1 aromatic rings. The number of aliphatic hydroxyl groups is 2. The van der Waals surface area contributed by atoms with E-state index in [9.17, 15) is 25.1 Å². The standard InChI is InChI=1S/C11H14N4O5/c1-12-10-2-6(7(3-13-10)15(19)20)11(18)14-4-8(16)9(17)5-14/h2-3,8-9,16-17H,4-5H2,1H3,(H,12,13). The number of nitrogens with one attached hydrogen (secondary N) is 1. The molecule has 1 fully saturated rings. The van der Waals surface area contributed by atoms with E-state index in [-0.39, 0.29) is 18.7 Å². The van der Waals surface area contributed by atoms with Crippen LogP contribution in [0.2, 0.25) is 0 Å². The van der Waals surface area contributed by atoms with E-state index < -0.39 is 28.7 Å². The van der Waals surface area contributed by atoms with Gasteiger partial charge in [0.25, 0.3) is 11.6 Å². The van der Waals surface area contributed by atoms with Gasteiger partial charge in [0.2, 0.25) is 0 Å². The van der Waals surface area contributed by atoms with Crippen LogP contribution in [0.4, 0.5) is 11.5 Å². The number of hydrogen-bond acceptors (Lipinski definition) is 7. The largest absolute Gasteiger partial charge is 0.388 e. The van der Waals surface area contributed by atoms with Gasteiger partial charge < -0.3 is 20.4 Å². The second kappa shape index (κ2) is 5.39. The highest BCUT2D eigenvalue weighted by Crippen LogP contribution is 2.23. The molecule has 1 aliphatic heterocycles. The van der Waals surface area contributed by atoms with Crippen molar-refractivity contribution in [2.24, 2.45) is 0 Å². The number of amides is 1. The van der Waals surface area contributed by atoms with Crippen molar-refractivity contribution in [3.05, 3.63) is 27.9 Å². The molecule has 2 rings (SSSR count). The van der Waals surface area contributed by atoms with E-state index in [1.165, 1.54) is 11.0 Å². The van der Waals surface area contributed by atoms with Gasteiger partial charge in [-0.3, -0.25) is 14.9 Å². The molecular formula is C11H14N4O5. The summed E-state index contributed by atoms with van der Waals surface area (Å²) in [7, 11) is 1.58. The summed E-state index contributed by atoms with van der Waals surface area (Å²) >= 11 is 0. The molecule has 0 aromatic carbocycles. The minimum Gasteiger partial charge on any atom is -0.388 e. The third kappa shape index (κ3) is 2.53. The van der Waals surface area contributed by atoms with Crippen LogP contribution in [0.5, 0.6) is 0 Å². The van der Waals surface area contributed by atoms with Crippen LogP contribution in [-0.4, -0.2) is 63.3 Å². The topological polar surface area (TPSA) is 129 Å². The summed E-state index contributed by atoms with van der Waals surface area (Å²) < 4.78 is 0. The van der Waals surface area contributed by atoms with Gasteiger partial charge in [-0.15, -0.1) is 0 Å². The van der Waals surface area contributed by atoms with Crippen LogP contribution in [0.15, 0.2) is 12.3 Å². The second-order valence-corrected chi connectivity index (χ2v) is 4.44. The average Bonchev–Trinajstić information content (AvgIpc) is 2.77. The molecule has 1 aliphatic rings. The van der Waals surface area contributed by atoms with Crippen LogP contribution >= 0.6 is 0 Å². The summed E-state index contributed by atoms with van der Waals surface area (Å²) in [4.78, 5) is 27.5. The van der Waals surface area contributed by atoms with E-state index in [1.807, 2.05) is 0 Å². The molecule has 9 nitrogen and oxygen atoms in total. The van der Waals surface area contributed by atoms with Crippen molar-refractivity contribution in [3.63, 3.8) is 0 Å². The highest BCUT2D eigenvalue weighted by molar-refractivity contribution is 5.99. The fraction of sp³-hybridized carbons (Fsp3) is 0.455. The molecule has 2 unspecified atom stereocenters. The zero-order valence-electron chi connectivity index (χ0n) is 10.7. The van der Waals surface area contributed by atoms with E-state index >= 15 is 0 Å². The maximum Gasteiger partial charge on any atom is 0.300 e. The summed E-state index contributed by atoms with van der Waals surface area (Å²) in [5.41, 5.74) is -0.541. The van der Waals surface area contributed by atoms with E-state index in [2.05, 4.69) is 10.3 Å². The van der Waals surface area contributed by atoms with Gasteiger partial charge in [-0.25, -0.2) is 4.98 Å². The van der Waals surface area contributed by atoms with Crippen LogP contribution in [0.25, 0.3) is 0 Å². The van der Waals surface area contributed by atoms with Crippen LogP contribution < -0.4 is 5.32 Å². The minimum atomic E-state index is -1.04. The molecule has 20 heavy (non-hydrogen) atoms. The zero-order valence-corrected chi connectivity index (χ0v) is 10.7. The molecule has 108 valence electrons. The van der Waals surface area contributed by atoms with Crippen molar-refractivity contribution in [2.45, 2.75) is 12.2 Å². The number of nitrogens with zero attached hydrogens (tertiary/aromatic N) is 3. The normalized spacial score (nSPS) is 21.9. The molecule has 0 bridgehead atoms. The lowest BCUT2D eigenvalue weighted by molar-refractivity contribution is -0.385. The number of anilines is 1. The molecule has 1 amide bonds. The molecule has 2 heterocycles. The van der Waals surface area contributed by atoms with Crippen LogP contribution in [0.1, 0.15) is 10.4 Å². The number of nitro groups is 1. The highest BCUT2D eigenvalue weighted by Gasteiger charge is 2.35. The molecule has 1 saturated heterocycles. The maximum atomic E-state index is 12.3. The second-order valence-electron chi connectivity index (χ2n) is 4.44. The number of hydrogen-bond donors (Lipinski definition) is 3.